The highest BCUT2D eigenvalue weighted by Crippen LogP contribution is 2.20. The van der Waals surface area contributed by atoms with Gasteiger partial charge in [0.1, 0.15) is 18.1 Å². The second-order valence-electron chi connectivity index (χ2n) is 8.04. The molecule has 0 fully saturated rings. The second-order valence-corrected chi connectivity index (χ2v) is 8.98. The van der Waals surface area contributed by atoms with Crippen molar-refractivity contribution in [1.82, 2.24) is 20.1 Å². The molecule has 0 radical (unpaired) electrons. The number of hydrogen-bond acceptors (Lipinski definition) is 6. The van der Waals surface area contributed by atoms with E-state index in [0.717, 1.165) is 41.0 Å². The molecule has 0 aliphatic heterocycles. The van der Waals surface area contributed by atoms with E-state index in [1.165, 1.54) is 11.8 Å². The Balaban J connectivity index is 1.53. The molecule has 0 saturated heterocycles. The summed E-state index contributed by atoms with van der Waals surface area (Å²) in [6.45, 7) is 6.05. The third-order valence-corrected chi connectivity index (χ3v) is 6.04. The maximum Gasteiger partial charge on any atom is 0.230 e. The van der Waals surface area contributed by atoms with Gasteiger partial charge in [-0.05, 0) is 42.5 Å². The van der Waals surface area contributed by atoms with Crippen molar-refractivity contribution in [2.24, 2.45) is 5.92 Å². The van der Waals surface area contributed by atoms with Crippen molar-refractivity contribution in [3.63, 3.8) is 0 Å². The Hall–Kier alpha value is -3.00. The molecule has 2 aromatic carbocycles. The van der Waals surface area contributed by atoms with E-state index in [1.54, 1.807) is 7.11 Å². The molecule has 176 valence electrons. The fourth-order valence-corrected chi connectivity index (χ4v) is 4.05. The summed E-state index contributed by atoms with van der Waals surface area (Å²) < 4.78 is 13.3. The Morgan fingerprint density at radius 1 is 1.09 bits per heavy atom. The normalized spacial score (nSPS) is 10.9. The smallest absolute Gasteiger partial charge is 0.230 e. The van der Waals surface area contributed by atoms with Crippen molar-refractivity contribution in [3.8, 4) is 11.5 Å². The molecule has 0 spiro atoms. The van der Waals surface area contributed by atoms with E-state index in [9.17, 15) is 4.79 Å². The third kappa shape index (κ3) is 7.82. The van der Waals surface area contributed by atoms with Crippen LogP contribution in [0.4, 0.5) is 0 Å². The summed E-state index contributed by atoms with van der Waals surface area (Å²) >= 11 is 1.40. The van der Waals surface area contributed by atoms with Crippen molar-refractivity contribution >= 4 is 17.7 Å². The van der Waals surface area contributed by atoms with E-state index in [1.807, 2.05) is 54.6 Å². The predicted octanol–water partition coefficient (Wildman–Crippen LogP) is 4.36. The largest absolute Gasteiger partial charge is 0.496 e. The minimum absolute atomic E-state index is 0.0320. The molecule has 7 nitrogen and oxygen atoms in total. The van der Waals surface area contributed by atoms with E-state index in [4.69, 9.17) is 9.47 Å². The number of carbonyl (C=O) groups is 1. The first kappa shape index (κ1) is 24.6. The maximum atomic E-state index is 12.4. The zero-order chi connectivity index (χ0) is 23.5. The minimum Gasteiger partial charge on any atom is -0.496 e. The molecule has 8 heteroatoms. The zero-order valence-corrected chi connectivity index (χ0v) is 20.3. The van der Waals surface area contributed by atoms with Crippen molar-refractivity contribution in [3.05, 3.63) is 66.0 Å². The van der Waals surface area contributed by atoms with Gasteiger partial charge in [-0.1, -0.05) is 62.0 Å². The second kappa shape index (κ2) is 12.9. The number of thioether (sulfide) groups is 1. The van der Waals surface area contributed by atoms with Crippen LogP contribution in [-0.4, -0.2) is 40.1 Å². The number of methoxy groups -OCH3 is 1. The van der Waals surface area contributed by atoms with Crippen LogP contribution in [0.15, 0.2) is 59.8 Å². The van der Waals surface area contributed by atoms with Crippen LogP contribution in [0.1, 0.15) is 31.7 Å². The first-order chi connectivity index (χ1) is 16.1. The molecule has 1 heterocycles. The SMILES string of the molecule is COc1ccccc1CCNC(=O)CSc1nnc(COc2ccccc2)n1CCC(C)C. The Labute approximate surface area is 199 Å². The first-order valence-electron chi connectivity index (χ1n) is 11.2. The molecule has 1 amide bonds. The zero-order valence-electron chi connectivity index (χ0n) is 19.5. The van der Waals surface area contributed by atoms with Gasteiger partial charge < -0.3 is 19.4 Å². The monoisotopic (exact) mass is 468 g/mol. The molecule has 0 saturated carbocycles. The van der Waals surface area contributed by atoms with Crippen LogP contribution >= 0.6 is 11.8 Å². The molecule has 0 unspecified atom stereocenters. The van der Waals surface area contributed by atoms with E-state index < -0.39 is 0 Å². The van der Waals surface area contributed by atoms with Gasteiger partial charge in [-0.2, -0.15) is 0 Å². The van der Waals surface area contributed by atoms with Gasteiger partial charge in [-0.3, -0.25) is 4.79 Å². The lowest BCUT2D eigenvalue weighted by Gasteiger charge is -2.12. The summed E-state index contributed by atoms with van der Waals surface area (Å²) in [4.78, 5) is 12.4. The molecule has 0 atom stereocenters. The average Bonchev–Trinajstić information content (AvgIpc) is 3.22. The van der Waals surface area contributed by atoms with Gasteiger partial charge in [-0.25, -0.2) is 0 Å². The number of benzene rings is 2. The number of ether oxygens (including phenoxy) is 2. The summed E-state index contributed by atoms with van der Waals surface area (Å²) in [5.74, 6) is 3.19. The quantitative estimate of drug-likeness (QED) is 0.376. The highest BCUT2D eigenvalue weighted by Gasteiger charge is 2.15. The van der Waals surface area contributed by atoms with Gasteiger partial charge in [0.05, 0.1) is 12.9 Å². The Bertz CT molecular complexity index is 1010. The molecule has 33 heavy (non-hydrogen) atoms. The van der Waals surface area contributed by atoms with Crippen molar-refractivity contribution in [1.29, 1.82) is 0 Å². The van der Waals surface area contributed by atoms with Gasteiger partial charge in [0.15, 0.2) is 11.0 Å². The Kier molecular flexibility index (Phi) is 9.62. The van der Waals surface area contributed by atoms with Gasteiger partial charge in [-0.15, -0.1) is 10.2 Å². The minimum atomic E-state index is -0.0320. The number of aromatic nitrogens is 3. The number of rotatable bonds is 13. The van der Waals surface area contributed by atoms with E-state index in [0.29, 0.717) is 25.5 Å². The van der Waals surface area contributed by atoms with Crippen molar-refractivity contribution in [2.75, 3.05) is 19.4 Å². The number of nitrogens with one attached hydrogen (secondary N) is 1. The van der Waals surface area contributed by atoms with Crippen LogP contribution in [0.5, 0.6) is 11.5 Å². The number of carbonyl (C=O) groups excluding carboxylic acids is 1. The topological polar surface area (TPSA) is 78.3 Å². The fourth-order valence-electron chi connectivity index (χ4n) is 3.24. The van der Waals surface area contributed by atoms with Crippen molar-refractivity contribution < 1.29 is 14.3 Å². The van der Waals surface area contributed by atoms with Crippen LogP contribution in [0.2, 0.25) is 0 Å². The molecule has 0 bridgehead atoms. The van der Waals surface area contributed by atoms with Crippen LogP contribution in [0.3, 0.4) is 0 Å². The summed E-state index contributed by atoms with van der Waals surface area (Å²) in [6.07, 6.45) is 1.71. The lowest BCUT2D eigenvalue weighted by atomic mass is 10.1. The van der Waals surface area contributed by atoms with Crippen LogP contribution in [0, 0.1) is 5.92 Å². The van der Waals surface area contributed by atoms with Gasteiger partial charge in [0.2, 0.25) is 5.91 Å². The number of para-hydroxylation sites is 2. The van der Waals surface area contributed by atoms with Crippen molar-refractivity contribution in [2.45, 2.75) is 45.0 Å². The molecule has 1 aromatic heterocycles. The number of nitrogens with zero attached hydrogens (tertiary/aromatic N) is 3. The lowest BCUT2D eigenvalue weighted by molar-refractivity contribution is -0.118. The van der Waals surface area contributed by atoms with Crippen LogP contribution < -0.4 is 14.8 Å². The number of hydrogen-bond donors (Lipinski definition) is 1. The lowest BCUT2D eigenvalue weighted by Crippen LogP contribution is -2.27. The van der Waals surface area contributed by atoms with Gasteiger partial charge in [0, 0.05) is 13.1 Å². The van der Waals surface area contributed by atoms with E-state index in [2.05, 4.69) is 33.9 Å². The Morgan fingerprint density at radius 3 is 2.61 bits per heavy atom. The summed E-state index contributed by atoms with van der Waals surface area (Å²) in [6, 6.07) is 17.5. The summed E-state index contributed by atoms with van der Waals surface area (Å²) in [5, 5.41) is 12.4. The van der Waals surface area contributed by atoms with Crippen LogP contribution in [-0.2, 0) is 24.4 Å². The molecular weight excluding hydrogens is 436 g/mol. The van der Waals surface area contributed by atoms with E-state index >= 15 is 0 Å². The fraction of sp³-hybridized carbons (Fsp3) is 0.400. The standard InChI is InChI=1S/C25H32N4O3S/c1-19(2)14-16-29-23(17-32-21-10-5-4-6-11-21)27-28-25(29)33-18-24(30)26-15-13-20-9-7-8-12-22(20)31-3/h4-12,19H,13-18H2,1-3H3,(H,26,30). The first-order valence-corrected chi connectivity index (χ1v) is 12.2. The highest BCUT2D eigenvalue weighted by molar-refractivity contribution is 7.99. The van der Waals surface area contributed by atoms with Gasteiger partial charge >= 0.3 is 0 Å². The maximum absolute atomic E-state index is 12.4. The number of amides is 1. The average molecular weight is 469 g/mol. The molecular formula is C25H32N4O3S. The Morgan fingerprint density at radius 2 is 1.85 bits per heavy atom. The van der Waals surface area contributed by atoms with Crippen LogP contribution in [0.25, 0.3) is 0 Å². The third-order valence-electron chi connectivity index (χ3n) is 5.08. The molecule has 3 rings (SSSR count). The van der Waals surface area contributed by atoms with E-state index in [-0.39, 0.29) is 11.7 Å². The summed E-state index contributed by atoms with van der Waals surface area (Å²) in [5.41, 5.74) is 1.07. The highest BCUT2D eigenvalue weighted by atomic mass is 32.2. The molecule has 0 aliphatic rings. The summed E-state index contributed by atoms with van der Waals surface area (Å²) in [7, 11) is 1.66. The predicted molar refractivity (Wildman–Crippen MR) is 131 cm³/mol. The molecule has 0 aliphatic carbocycles. The molecule has 3 aromatic rings. The molecule has 1 N–H and O–H groups in total. The van der Waals surface area contributed by atoms with Gasteiger partial charge in [0.25, 0.3) is 0 Å².